The molecule has 0 saturated heterocycles. The number of aliphatic hydroxyl groups excluding tert-OH is 1. The van der Waals surface area contributed by atoms with Crippen LogP contribution in [0.4, 0.5) is 5.82 Å². The molecular weight excluding hydrogens is 367 g/mol. The maximum atomic E-state index is 8.57. The Bertz CT molecular complexity index is 688. The molecule has 1 aromatic heterocycles. The fourth-order valence-electron chi connectivity index (χ4n) is 2.08. The highest BCUT2D eigenvalue weighted by Gasteiger charge is 2.13. The smallest absolute Gasteiger partial charge is 0.154 e. The van der Waals surface area contributed by atoms with Crippen LogP contribution in [0.25, 0.3) is 11.3 Å². The predicted octanol–water partition coefficient (Wildman–Crippen LogP) is 2.39. The second-order valence-electron chi connectivity index (χ2n) is 5.12. The molecule has 0 aliphatic carbocycles. The molecule has 0 saturated carbocycles. The molecule has 0 amide bonds. The summed E-state index contributed by atoms with van der Waals surface area (Å²) in [6.45, 7) is 1.83. The van der Waals surface area contributed by atoms with Gasteiger partial charge in [-0.3, -0.25) is 0 Å². The van der Waals surface area contributed by atoms with Gasteiger partial charge in [0.25, 0.3) is 0 Å². The van der Waals surface area contributed by atoms with Crippen LogP contribution in [0.3, 0.4) is 0 Å². The number of nitrogen functional groups attached to an aromatic ring is 1. The molecule has 0 unspecified atom stereocenters. The second-order valence-corrected chi connectivity index (χ2v) is 5.90. The molecule has 0 aliphatic rings. The van der Waals surface area contributed by atoms with Gasteiger partial charge in [0.2, 0.25) is 0 Å². The SMILES string of the molecule is Nc1nc(CCCOCCOCCO)nnc1-c1cccc(Cl)c1Cl. The van der Waals surface area contributed by atoms with E-state index in [1.54, 1.807) is 18.2 Å². The molecule has 0 spiro atoms. The summed E-state index contributed by atoms with van der Waals surface area (Å²) in [5.74, 6) is 0.798. The number of aliphatic hydroxyl groups is 1. The lowest BCUT2D eigenvalue weighted by Crippen LogP contribution is -2.09. The number of halogens is 2. The fraction of sp³-hybridized carbons (Fsp3) is 0.438. The third-order valence-electron chi connectivity index (χ3n) is 3.26. The number of hydrogen-bond donors (Lipinski definition) is 2. The van der Waals surface area contributed by atoms with Gasteiger partial charge in [0.1, 0.15) is 5.69 Å². The van der Waals surface area contributed by atoms with Crippen LogP contribution in [0.1, 0.15) is 12.2 Å². The van der Waals surface area contributed by atoms with Crippen LogP contribution in [0.15, 0.2) is 18.2 Å². The van der Waals surface area contributed by atoms with Gasteiger partial charge in [0, 0.05) is 18.6 Å². The van der Waals surface area contributed by atoms with Crippen molar-refractivity contribution in [1.29, 1.82) is 0 Å². The minimum atomic E-state index is 0.0160. The van der Waals surface area contributed by atoms with Crippen LogP contribution < -0.4 is 5.73 Å². The molecule has 7 nitrogen and oxygen atoms in total. The Hall–Kier alpha value is -1.51. The van der Waals surface area contributed by atoms with Gasteiger partial charge in [-0.1, -0.05) is 35.3 Å². The molecule has 2 rings (SSSR count). The summed E-state index contributed by atoms with van der Waals surface area (Å²) in [6.07, 6.45) is 1.33. The first-order valence-electron chi connectivity index (χ1n) is 7.83. The highest BCUT2D eigenvalue weighted by Crippen LogP contribution is 2.34. The molecule has 2 aromatic rings. The standard InChI is InChI=1S/C16H20Cl2N4O3/c17-12-4-1-3-11(14(12)18)15-16(19)20-13(21-22-15)5-2-7-24-9-10-25-8-6-23/h1,3-4,23H,2,5-10H2,(H2,19,20,21). The van der Waals surface area contributed by atoms with Crippen LogP contribution in [0.5, 0.6) is 0 Å². The van der Waals surface area contributed by atoms with Gasteiger partial charge in [-0.2, -0.15) is 0 Å². The van der Waals surface area contributed by atoms with E-state index in [4.69, 9.17) is 43.5 Å². The van der Waals surface area contributed by atoms with E-state index >= 15 is 0 Å². The predicted molar refractivity (Wildman–Crippen MR) is 96.7 cm³/mol. The average molecular weight is 387 g/mol. The zero-order chi connectivity index (χ0) is 18.1. The third kappa shape index (κ3) is 6.05. The Morgan fingerprint density at radius 3 is 2.52 bits per heavy atom. The Morgan fingerprint density at radius 1 is 1.04 bits per heavy atom. The maximum Gasteiger partial charge on any atom is 0.154 e. The normalized spacial score (nSPS) is 11.0. The number of ether oxygens (including phenoxy) is 2. The maximum absolute atomic E-state index is 8.57. The van der Waals surface area contributed by atoms with Gasteiger partial charge in [0.15, 0.2) is 11.6 Å². The monoisotopic (exact) mass is 386 g/mol. The second kappa shape index (κ2) is 10.5. The first kappa shape index (κ1) is 19.8. The Labute approximate surface area is 156 Å². The molecule has 1 aromatic carbocycles. The number of nitrogens with two attached hydrogens (primary N) is 1. The topological polar surface area (TPSA) is 103 Å². The highest BCUT2D eigenvalue weighted by atomic mass is 35.5. The fourth-order valence-corrected chi connectivity index (χ4v) is 2.47. The lowest BCUT2D eigenvalue weighted by molar-refractivity contribution is 0.0325. The van der Waals surface area contributed by atoms with Crippen molar-refractivity contribution in [3.8, 4) is 11.3 Å². The minimum absolute atomic E-state index is 0.0160. The van der Waals surface area contributed by atoms with Crippen molar-refractivity contribution in [3.63, 3.8) is 0 Å². The van der Waals surface area contributed by atoms with Crippen molar-refractivity contribution in [2.45, 2.75) is 12.8 Å². The summed E-state index contributed by atoms with van der Waals surface area (Å²) < 4.78 is 10.5. The molecular formula is C16H20Cl2N4O3. The first-order chi connectivity index (χ1) is 12.1. The van der Waals surface area contributed by atoms with E-state index in [0.29, 0.717) is 60.0 Å². The molecule has 136 valence electrons. The molecule has 0 atom stereocenters. The van der Waals surface area contributed by atoms with E-state index in [9.17, 15) is 0 Å². The van der Waals surface area contributed by atoms with E-state index in [2.05, 4.69) is 15.2 Å². The van der Waals surface area contributed by atoms with Gasteiger partial charge in [0.05, 0.1) is 36.5 Å². The number of hydrogen-bond acceptors (Lipinski definition) is 7. The van der Waals surface area contributed by atoms with Crippen LogP contribution in [-0.2, 0) is 15.9 Å². The highest BCUT2D eigenvalue weighted by molar-refractivity contribution is 6.43. The Morgan fingerprint density at radius 2 is 1.80 bits per heavy atom. The quantitative estimate of drug-likeness (QED) is 0.604. The number of nitrogens with zero attached hydrogens (tertiary/aromatic N) is 3. The van der Waals surface area contributed by atoms with Gasteiger partial charge in [-0.05, 0) is 12.5 Å². The van der Waals surface area contributed by atoms with Crippen molar-refractivity contribution in [3.05, 3.63) is 34.1 Å². The minimum Gasteiger partial charge on any atom is -0.394 e. The van der Waals surface area contributed by atoms with E-state index in [1.807, 2.05) is 0 Å². The molecule has 1 heterocycles. The number of aromatic nitrogens is 3. The van der Waals surface area contributed by atoms with Crippen LogP contribution in [0.2, 0.25) is 10.0 Å². The third-order valence-corrected chi connectivity index (χ3v) is 4.08. The molecule has 25 heavy (non-hydrogen) atoms. The zero-order valence-electron chi connectivity index (χ0n) is 13.6. The van der Waals surface area contributed by atoms with Crippen molar-refractivity contribution in [1.82, 2.24) is 15.2 Å². The lowest BCUT2D eigenvalue weighted by atomic mass is 10.1. The lowest BCUT2D eigenvalue weighted by Gasteiger charge is -2.08. The molecule has 0 radical (unpaired) electrons. The summed E-state index contributed by atoms with van der Waals surface area (Å²) in [5.41, 5.74) is 7.00. The van der Waals surface area contributed by atoms with E-state index in [1.165, 1.54) is 0 Å². The van der Waals surface area contributed by atoms with E-state index in [-0.39, 0.29) is 12.4 Å². The van der Waals surface area contributed by atoms with Gasteiger partial charge >= 0.3 is 0 Å². The van der Waals surface area contributed by atoms with E-state index < -0.39 is 0 Å². The Balaban J connectivity index is 1.84. The summed E-state index contributed by atoms with van der Waals surface area (Å²) in [7, 11) is 0. The summed E-state index contributed by atoms with van der Waals surface area (Å²) in [4.78, 5) is 4.27. The van der Waals surface area contributed by atoms with Gasteiger partial charge < -0.3 is 20.3 Å². The summed E-state index contributed by atoms with van der Waals surface area (Å²) >= 11 is 12.2. The van der Waals surface area contributed by atoms with Gasteiger partial charge in [-0.15, -0.1) is 10.2 Å². The van der Waals surface area contributed by atoms with Crippen LogP contribution in [0, 0.1) is 0 Å². The number of benzene rings is 1. The largest absolute Gasteiger partial charge is 0.394 e. The average Bonchev–Trinajstić information content (AvgIpc) is 2.60. The van der Waals surface area contributed by atoms with Crippen molar-refractivity contribution < 1.29 is 14.6 Å². The molecule has 0 fully saturated rings. The van der Waals surface area contributed by atoms with Crippen LogP contribution in [-0.4, -0.2) is 53.3 Å². The first-order valence-corrected chi connectivity index (χ1v) is 8.59. The molecule has 3 N–H and O–H groups in total. The Kier molecular flexibility index (Phi) is 8.30. The number of rotatable bonds is 10. The summed E-state index contributed by atoms with van der Waals surface area (Å²) in [6, 6.07) is 5.22. The van der Waals surface area contributed by atoms with E-state index in [0.717, 1.165) is 6.42 Å². The summed E-state index contributed by atoms with van der Waals surface area (Å²) in [5, 5.41) is 17.6. The zero-order valence-corrected chi connectivity index (χ0v) is 15.1. The van der Waals surface area contributed by atoms with Crippen molar-refractivity contribution in [2.75, 3.05) is 38.8 Å². The van der Waals surface area contributed by atoms with Crippen molar-refractivity contribution >= 4 is 29.0 Å². The van der Waals surface area contributed by atoms with Crippen molar-refractivity contribution in [2.24, 2.45) is 0 Å². The number of anilines is 1. The number of aryl methyl sites for hydroxylation is 1. The molecule has 9 heteroatoms. The van der Waals surface area contributed by atoms with Gasteiger partial charge in [-0.25, -0.2) is 4.98 Å². The molecule has 0 bridgehead atoms. The molecule has 0 aliphatic heterocycles. The van der Waals surface area contributed by atoms with Crippen LogP contribution >= 0.6 is 23.2 Å².